The molecule has 7 heteroatoms. The zero-order chi connectivity index (χ0) is 18.9. The van der Waals surface area contributed by atoms with Gasteiger partial charge in [0.25, 0.3) is 0 Å². The first kappa shape index (κ1) is 18.7. The topological polar surface area (TPSA) is 29.9 Å². The van der Waals surface area contributed by atoms with Crippen LogP contribution in [-0.2, 0) is 5.41 Å². The highest BCUT2D eigenvalue weighted by Gasteiger charge is 2.18. The van der Waals surface area contributed by atoms with Crippen LogP contribution in [-0.4, -0.2) is 9.78 Å². The number of nitrogens with one attached hydrogen (secondary N) is 1. The van der Waals surface area contributed by atoms with Crippen LogP contribution in [0.4, 0.5) is 14.5 Å². The van der Waals surface area contributed by atoms with E-state index in [1.54, 1.807) is 36.7 Å². The molecule has 0 radical (unpaired) electrons. The molecule has 0 amide bonds. The molecule has 1 aromatic heterocycles. The Hall–Kier alpha value is -2.05. The van der Waals surface area contributed by atoms with Crippen molar-refractivity contribution in [2.45, 2.75) is 31.1 Å². The SMILES string of the molecule is CC(C)(C)c1cnn(-c2cc(F)c(NSc3ccccc3Cl)c(F)c2)c1. The number of anilines is 1. The molecule has 0 aliphatic heterocycles. The van der Waals surface area contributed by atoms with Gasteiger partial charge in [-0.3, -0.25) is 0 Å². The minimum absolute atomic E-state index is 0.0948. The lowest BCUT2D eigenvalue weighted by Gasteiger charge is -2.15. The first-order chi connectivity index (χ1) is 12.3. The second-order valence-corrected chi connectivity index (χ2v) is 8.10. The standard InChI is InChI=1S/C19H18ClF2N3S/c1-19(2,3)12-10-23-25(11-12)13-8-15(21)18(16(22)9-13)24-26-17-7-5-4-6-14(17)20/h4-11,24H,1-3H3. The average Bonchev–Trinajstić information content (AvgIpc) is 3.06. The quantitative estimate of drug-likeness (QED) is 0.533. The number of rotatable bonds is 4. The molecule has 0 aliphatic rings. The number of halogens is 3. The number of nitrogens with zero attached hydrogens (tertiary/aromatic N) is 2. The second kappa shape index (κ2) is 7.29. The molecule has 0 atom stereocenters. The Morgan fingerprint density at radius 1 is 1.12 bits per heavy atom. The molecule has 0 unspecified atom stereocenters. The van der Waals surface area contributed by atoms with Gasteiger partial charge in [0, 0.05) is 23.2 Å². The van der Waals surface area contributed by atoms with Gasteiger partial charge in [0.2, 0.25) is 0 Å². The first-order valence-electron chi connectivity index (χ1n) is 7.97. The average molecular weight is 394 g/mol. The van der Waals surface area contributed by atoms with Crippen LogP contribution in [0.15, 0.2) is 53.7 Å². The Bertz CT molecular complexity index is 912. The third-order valence-corrected chi connectivity index (χ3v) is 5.16. The molecule has 1 heterocycles. The minimum atomic E-state index is -0.702. The molecule has 3 nitrogen and oxygen atoms in total. The van der Waals surface area contributed by atoms with Crippen LogP contribution in [0, 0.1) is 11.6 Å². The van der Waals surface area contributed by atoms with Crippen LogP contribution < -0.4 is 4.72 Å². The molecular formula is C19H18ClF2N3S. The van der Waals surface area contributed by atoms with E-state index in [9.17, 15) is 8.78 Å². The van der Waals surface area contributed by atoms with Crippen molar-refractivity contribution in [1.29, 1.82) is 0 Å². The van der Waals surface area contributed by atoms with Gasteiger partial charge in [-0.05, 0) is 35.1 Å². The minimum Gasteiger partial charge on any atom is -0.321 e. The fraction of sp³-hybridized carbons (Fsp3) is 0.211. The molecule has 26 heavy (non-hydrogen) atoms. The second-order valence-electron chi connectivity index (χ2n) is 6.84. The van der Waals surface area contributed by atoms with Crippen LogP contribution >= 0.6 is 23.5 Å². The van der Waals surface area contributed by atoms with Crippen molar-refractivity contribution in [3.8, 4) is 5.69 Å². The summed E-state index contributed by atoms with van der Waals surface area (Å²) < 4.78 is 33.1. The summed E-state index contributed by atoms with van der Waals surface area (Å²) in [4.78, 5) is 0.680. The van der Waals surface area contributed by atoms with Gasteiger partial charge in [-0.1, -0.05) is 44.5 Å². The zero-order valence-electron chi connectivity index (χ0n) is 14.6. The van der Waals surface area contributed by atoms with Gasteiger partial charge in [0.1, 0.15) is 5.69 Å². The molecule has 2 aromatic carbocycles. The maximum atomic E-state index is 14.5. The molecule has 0 spiro atoms. The molecule has 3 aromatic rings. The Kier molecular flexibility index (Phi) is 5.25. The Balaban J connectivity index is 1.84. The molecule has 0 bridgehead atoms. The summed E-state index contributed by atoms with van der Waals surface area (Å²) in [5.41, 5.74) is 0.989. The zero-order valence-corrected chi connectivity index (χ0v) is 16.1. The van der Waals surface area contributed by atoms with Crippen LogP contribution in [0.3, 0.4) is 0 Å². The Morgan fingerprint density at radius 3 is 2.35 bits per heavy atom. The molecule has 1 N–H and O–H groups in total. The van der Waals surface area contributed by atoms with Crippen molar-refractivity contribution in [3.63, 3.8) is 0 Å². The summed E-state index contributed by atoms with van der Waals surface area (Å²) in [6.45, 7) is 6.15. The number of aromatic nitrogens is 2. The van der Waals surface area contributed by atoms with Crippen molar-refractivity contribution >= 4 is 29.2 Å². The van der Waals surface area contributed by atoms with Crippen molar-refractivity contribution < 1.29 is 8.78 Å². The van der Waals surface area contributed by atoms with E-state index in [4.69, 9.17) is 11.6 Å². The molecular weight excluding hydrogens is 376 g/mol. The van der Waals surface area contributed by atoms with E-state index in [0.29, 0.717) is 15.6 Å². The van der Waals surface area contributed by atoms with E-state index >= 15 is 0 Å². The largest absolute Gasteiger partial charge is 0.321 e. The van der Waals surface area contributed by atoms with Crippen molar-refractivity contribution in [2.75, 3.05) is 4.72 Å². The lowest BCUT2D eigenvalue weighted by molar-refractivity contribution is 0.587. The van der Waals surface area contributed by atoms with Gasteiger partial charge in [-0.25, -0.2) is 13.5 Å². The van der Waals surface area contributed by atoms with Gasteiger partial charge in [-0.15, -0.1) is 0 Å². The van der Waals surface area contributed by atoms with Gasteiger partial charge in [0.05, 0.1) is 16.9 Å². The monoisotopic (exact) mass is 393 g/mol. The molecule has 0 fully saturated rings. The van der Waals surface area contributed by atoms with E-state index < -0.39 is 11.6 Å². The molecule has 0 aliphatic carbocycles. The maximum absolute atomic E-state index is 14.5. The fourth-order valence-electron chi connectivity index (χ4n) is 2.27. The van der Waals surface area contributed by atoms with Gasteiger partial charge >= 0.3 is 0 Å². The summed E-state index contributed by atoms with van der Waals surface area (Å²) in [5.74, 6) is -1.40. The number of hydrogen-bond donors (Lipinski definition) is 1. The normalized spacial score (nSPS) is 11.6. The lowest BCUT2D eigenvalue weighted by Crippen LogP contribution is -2.09. The van der Waals surface area contributed by atoms with Crippen molar-refractivity contribution in [2.24, 2.45) is 0 Å². The fourth-order valence-corrected chi connectivity index (χ4v) is 3.24. The summed E-state index contributed by atoms with van der Waals surface area (Å²) in [7, 11) is 0. The highest BCUT2D eigenvalue weighted by molar-refractivity contribution is 8.00. The predicted molar refractivity (Wildman–Crippen MR) is 103 cm³/mol. The lowest BCUT2D eigenvalue weighted by atomic mass is 9.90. The molecule has 0 saturated carbocycles. The van der Waals surface area contributed by atoms with Crippen LogP contribution in [0.25, 0.3) is 5.69 Å². The predicted octanol–water partition coefficient (Wildman–Crippen LogP) is 6.22. The smallest absolute Gasteiger partial charge is 0.152 e. The van der Waals surface area contributed by atoms with Crippen LogP contribution in [0.5, 0.6) is 0 Å². The van der Waals surface area contributed by atoms with Crippen molar-refractivity contribution in [1.82, 2.24) is 9.78 Å². The maximum Gasteiger partial charge on any atom is 0.152 e. The summed E-state index contributed by atoms with van der Waals surface area (Å²) >= 11 is 7.11. The third kappa shape index (κ3) is 4.02. The van der Waals surface area contributed by atoms with E-state index in [0.717, 1.165) is 17.5 Å². The van der Waals surface area contributed by atoms with E-state index in [2.05, 4.69) is 30.6 Å². The Morgan fingerprint density at radius 2 is 1.77 bits per heavy atom. The van der Waals surface area contributed by atoms with Gasteiger partial charge < -0.3 is 4.72 Å². The summed E-state index contributed by atoms with van der Waals surface area (Å²) in [6.07, 6.45) is 3.48. The van der Waals surface area contributed by atoms with Gasteiger partial charge in [-0.2, -0.15) is 5.10 Å². The third-order valence-electron chi connectivity index (χ3n) is 3.84. The van der Waals surface area contributed by atoms with E-state index in [1.165, 1.54) is 16.8 Å². The first-order valence-corrected chi connectivity index (χ1v) is 9.17. The molecule has 0 saturated heterocycles. The van der Waals surface area contributed by atoms with Crippen LogP contribution in [0.2, 0.25) is 5.02 Å². The van der Waals surface area contributed by atoms with Crippen molar-refractivity contribution in [3.05, 3.63) is 71.0 Å². The Labute approximate surface area is 160 Å². The summed E-state index contributed by atoms with van der Waals surface area (Å²) in [5, 5.41) is 4.72. The molecule has 136 valence electrons. The summed E-state index contributed by atoms with van der Waals surface area (Å²) in [6, 6.07) is 9.57. The van der Waals surface area contributed by atoms with Gasteiger partial charge in [0.15, 0.2) is 11.6 Å². The van der Waals surface area contributed by atoms with E-state index in [-0.39, 0.29) is 11.1 Å². The number of hydrogen-bond acceptors (Lipinski definition) is 3. The highest BCUT2D eigenvalue weighted by atomic mass is 35.5. The number of benzene rings is 2. The molecule has 3 rings (SSSR count). The van der Waals surface area contributed by atoms with E-state index in [1.807, 2.05) is 0 Å². The highest BCUT2D eigenvalue weighted by Crippen LogP contribution is 2.31. The van der Waals surface area contributed by atoms with Crippen LogP contribution in [0.1, 0.15) is 26.3 Å².